The van der Waals surface area contributed by atoms with Crippen molar-refractivity contribution in [2.75, 3.05) is 0 Å². The van der Waals surface area contributed by atoms with E-state index in [0.717, 1.165) is 21.8 Å². The number of fused-ring (bicyclic) bond motifs is 1. The van der Waals surface area contributed by atoms with Crippen LogP contribution in [-0.4, -0.2) is 25.4 Å². The van der Waals surface area contributed by atoms with Crippen molar-refractivity contribution in [3.63, 3.8) is 0 Å². The van der Waals surface area contributed by atoms with Crippen molar-refractivity contribution < 1.29 is 0 Å². The molecule has 0 aliphatic carbocycles. The second-order valence-electron chi connectivity index (χ2n) is 7.60. The SMILES string of the molecule is CCCCCCCC(C)c1ccc2sc(-c3cccnn3)nc2c1-c1cn[nH]c1. The Balaban J connectivity index is 1.70. The van der Waals surface area contributed by atoms with Crippen LogP contribution in [0.1, 0.15) is 63.9 Å². The molecule has 0 radical (unpaired) electrons. The summed E-state index contributed by atoms with van der Waals surface area (Å²) in [5.41, 5.74) is 5.50. The van der Waals surface area contributed by atoms with E-state index >= 15 is 0 Å². The molecule has 29 heavy (non-hydrogen) atoms. The van der Waals surface area contributed by atoms with Crippen LogP contribution in [0.3, 0.4) is 0 Å². The highest BCUT2D eigenvalue weighted by atomic mass is 32.1. The highest BCUT2D eigenvalue weighted by Crippen LogP contribution is 2.40. The molecule has 6 heteroatoms. The summed E-state index contributed by atoms with van der Waals surface area (Å²) in [6, 6.07) is 8.35. The van der Waals surface area contributed by atoms with Crippen LogP contribution >= 0.6 is 11.3 Å². The van der Waals surface area contributed by atoms with Crippen molar-refractivity contribution in [3.05, 3.63) is 48.4 Å². The van der Waals surface area contributed by atoms with Gasteiger partial charge in [-0.15, -0.1) is 16.4 Å². The lowest BCUT2D eigenvalue weighted by atomic mass is 9.88. The lowest BCUT2D eigenvalue weighted by Gasteiger charge is -2.16. The Bertz CT molecular complexity index is 1040. The van der Waals surface area contributed by atoms with E-state index < -0.39 is 0 Å². The molecule has 4 aromatic rings. The largest absolute Gasteiger partial charge is 0.285 e. The fourth-order valence-electron chi connectivity index (χ4n) is 3.85. The number of aromatic amines is 1. The van der Waals surface area contributed by atoms with Crippen LogP contribution < -0.4 is 0 Å². The molecule has 0 saturated heterocycles. The third kappa shape index (κ3) is 4.37. The summed E-state index contributed by atoms with van der Waals surface area (Å²) in [6.07, 6.45) is 13.3. The van der Waals surface area contributed by atoms with Crippen molar-refractivity contribution in [2.24, 2.45) is 0 Å². The Morgan fingerprint density at radius 3 is 2.76 bits per heavy atom. The first-order valence-electron chi connectivity index (χ1n) is 10.5. The molecule has 1 aromatic carbocycles. The molecular weight excluding hydrogens is 378 g/mol. The normalized spacial score (nSPS) is 12.5. The monoisotopic (exact) mass is 405 g/mol. The number of benzene rings is 1. The van der Waals surface area contributed by atoms with Gasteiger partial charge < -0.3 is 0 Å². The maximum absolute atomic E-state index is 4.98. The van der Waals surface area contributed by atoms with E-state index in [0.29, 0.717) is 5.92 Å². The van der Waals surface area contributed by atoms with Gasteiger partial charge in [0.15, 0.2) is 0 Å². The van der Waals surface area contributed by atoms with Crippen LogP contribution in [0, 0.1) is 0 Å². The molecule has 0 spiro atoms. The van der Waals surface area contributed by atoms with Crippen LogP contribution in [0.5, 0.6) is 0 Å². The van der Waals surface area contributed by atoms with Crippen LogP contribution in [-0.2, 0) is 0 Å². The third-order valence-corrected chi connectivity index (χ3v) is 6.49. The van der Waals surface area contributed by atoms with E-state index in [4.69, 9.17) is 4.98 Å². The Labute approximate surface area is 175 Å². The van der Waals surface area contributed by atoms with Crippen LogP contribution in [0.25, 0.3) is 32.0 Å². The summed E-state index contributed by atoms with van der Waals surface area (Å²) in [5, 5.41) is 16.3. The summed E-state index contributed by atoms with van der Waals surface area (Å²) in [5.74, 6) is 0.479. The van der Waals surface area contributed by atoms with E-state index in [1.54, 1.807) is 17.5 Å². The van der Waals surface area contributed by atoms with E-state index in [-0.39, 0.29) is 0 Å². The lowest BCUT2D eigenvalue weighted by molar-refractivity contribution is 0.567. The van der Waals surface area contributed by atoms with Gasteiger partial charge in [0.1, 0.15) is 10.7 Å². The summed E-state index contributed by atoms with van der Waals surface area (Å²) in [4.78, 5) is 4.98. The van der Waals surface area contributed by atoms with Gasteiger partial charge in [-0.1, -0.05) is 52.0 Å². The fraction of sp³-hybridized carbons (Fsp3) is 0.391. The second kappa shape index (κ2) is 9.27. The molecule has 0 saturated carbocycles. The molecule has 150 valence electrons. The molecule has 0 bridgehead atoms. The van der Waals surface area contributed by atoms with E-state index in [1.165, 1.54) is 54.4 Å². The number of nitrogens with one attached hydrogen (secondary N) is 1. The van der Waals surface area contributed by atoms with Gasteiger partial charge in [-0.2, -0.15) is 10.2 Å². The van der Waals surface area contributed by atoms with E-state index in [9.17, 15) is 0 Å². The molecule has 1 N–H and O–H groups in total. The summed E-state index contributed by atoms with van der Waals surface area (Å²) in [7, 11) is 0. The molecule has 3 heterocycles. The van der Waals surface area contributed by atoms with Gasteiger partial charge >= 0.3 is 0 Å². The molecular formula is C23H27N5S. The Morgan fingerprint density at radius 2 is 2.00 bits per heavy atom. The molecule has 3 aromatic heterocycles. The van der Waals surface area contributed by atoms with Crippen LogP contribution in [0.4, 0.5) is 0 Å². The van der Waals surface area contributed by atoms with Gasteiger partial charge in [0.25, 0.3) is 0 Å². The minimum atomic E-state index is 0.479. The second-order valence-corrected chi connectivity index (χ2v) is 8.63. The molecule has 4 rings (SSSR count). The average molecular weight is 406 g/mol. The first-order chi connectivity index (χ1) is 14.3. The lowest BCUT2D eigenvalue weighted by Crippen LogP contribution is -1.98. The number of aromatic nitrogens is 5. The minimum absolute atomic E-state index is 0.479. The average Bonchev–Trinajstić information content (AvgIpc) is 3.43. The molecule has 0 fully saturated rings. The number of nitrogens with zero attached hydrogens (tertiary/aromatic N) is 4. The standard InChI is InChI=1S/C23H27N5S/c1-3-4-5-6-7-9-16(2)18-11-12-20-22(21(18)17-14-25-26-15-17)27-23(29-20)19-10-8-13-24-28-19/h8,10-16H,3-7,9H2,1-2H3,(H,25,26). The van der Waals surface area contributed by atoms with Crippen molar-refractivity contribution in [2.45, 2.75) is 58.3 Å². The van der Waals surface area contributed by atoms with Crippen molar-refractivity contribution in [3.8, 4) is 21.8 Å². The van der Waals surface area contributed by atoms with Gasteiger partial charge in [-0.25, -0.2) is 4.98 Å². The van der Waals surface area contributed by atoms with Gasteiger partial charge in [0, 0.05) is 23.5 Å². The Morgan fingerprint density at radius 1 is 1.10 bits per heavy atom. The molecule has 1 atom stereocenters. The Hall–Kier alpha value is -2.60. The third-order valence-electron chi connectivity index (χ3n) is 5.44. The molecule has 0 aliphatic rings. The summed E-state index contributed by atoms with van der Waals surface area (Å²) in [6.45, 7) is 4.60. The summed E-state index contributed by atoms with van der Waals surface area (Å²) >= 11 is 1.66. The first kappa shape index (κ1) is 19.7. The molecule has 0 aliphatic heterocycles. The van der Waals surface area contributed by atoms with Crippen molar-refractivity contribution in [1.82, 2.24) is 25.4 Å². The highest BCUT2D eigenvalue weighted by molar-refractivity contribution is 7.21. The topological polar surface area (TPSA) is 67.3 Å². The van der Waals surface area contributed by atoms with Gasteiger partial charge in [-0.05, 0) is 36.1 Å². The maximum atomic E-state index is 4.98. The Kier molecular flexibility index (Phi) is 6.30. The predicted octanol–water partition coefficient (Wildman–Crippen LogP) is 6.61. The molecule has 5 nitrogen and oxygen atoms in total. The number of rotatable bonds is 9. The van der Waals surface area contributed by atoms with Gasteiger partial charge in [0.2, 0.25) is 0 Å². The zero-order valence-electron chi connectivity index (χ0n) is 17.1. The highest BCUT2D eigenvalue weighted by Gasteiger charge is 2.19. The first-order valence-corrected chi connectivity index (χ1v) is 11.3. The zero-order valence-corrected chi connectivity index (χ0v) is 17.9. The number of hydrogen-bond acceptors (Lipinski definition) is 5. The number of H-pyrrole nitrogens is 1. The van der Waals surface area contributed by atoms with Crippen molar-refractivity contribution in [1.29, 1.82) is 0 Å². The minimum Gasteiger partial charge on any atom is -0.285 e. The van der Waals surface area contributed by atoms with E-state index in [2.05, 4.69) is 46.4 Å². The fourth-order valence-corrected chi connectivity index (χ4v) is 4.79. The molecule has 0 amide bonds. The maximum Gasteiger partial charge on any atom is 0.145 e. The smallest absolute Gasteiger partial charge is 0.145 e. The summed E-state index contributed by atoms with van der Waals surface area (Å²) < 4.78 is 1.17. The van der Waals surface area contributed by atoms with Gasteiger partial charge in [-0.3, -0.25) is 5.10 Å². The molecule has 1 unspecified atom stereocenters. The van der Waals surface area contributed by atoms with Crippen LogP contribution in [0.2, 0.25) is 0 Å². The van der Waals surface area contributed by atoms with Gasteiger partial charge in [0.05, 0.1) is 16.4 Å². The van der Waals surface area contributed by atoms with Crippen molar-refractivity contribution >= 4 is 21.6 Å². The zero-order chi connectivity index (χ0) is 20.1. The number of hydrogen-bond donors (Lipinski definition) is 1. The van der Waals surface area contributed by atoms with Crippen LogP contribution in [0.15, 0.2) is 42.9 Å². The quantitative estimate of drug-likeness (QED) is 0.318. The predicted molar refractivity (Wildman–Crippen MR) is 120 cm³/mol. The number of unbranched alkanes of at least 4 members (excludes halogenated alkanes) is 4. The number of thiazole rings is 1. The van der Waals surface area contributed by atoms with E-state index in [1.807, 2.05) is 24.5 Å².